The molecule has 3 aliphatic heterocycles. The van der Waals surface area contributed by atoms with E-state index in [9.17, 15) is 0 Å². The van der Waals surface area contributed by atoms with Crippen LogP contribution in [0.2, 0.25) is 0 Å². The molecule has 0 spiro atoms. The molecule has 0 amide bonds. The summed E-state index contributed by atoms with van der Waals surface area (Å²) in [6, 6.07) is 42.6. The van der Waals surface area contributed by atoms with Gasteiger partial charge in [0.15, 0.2) is 0 Å². The Balaban J connectivity index is 1.30. The average molecular weight is 862 g/mol. The molecular formula is C59H63N3OS. The topological polar surface area (TPSA) is 19.0 Å². The zero-order valence-electron chi connectivity index (χ0n) is 40.6. The molecule has 0 N–H and O–H groups in total. The summed E-state index contributed by atoms with van der Waals surface area (Å²) in [4.78, 5) is 7.83. The smallest absolute Gasteiger partial charge is 0.126 e. The summed E-state index contributed by atoms with van der Waals surface area (Å²) in [5.74, 6) is 0. The van der Waals surface area contributed by atoms with E-state index < -0.39 is 11.2 Å². The maximum atomic E-state index is 7.19. The Bertz CT molecular complexity index is 3110. The maximum absolute atomic E-state index is 7.19. The molecule has 1 aromatic heterocycles. The van der Waals surface area contributed by atoms with Gasteiger partial charge in [-0.25, -0.2) is 0 Å². The lowest BCUT2D eigenvalue weighted by Crippen LogP contribution is -2.32. The van der Waals surface area contributed by atoms with Crippen molar-refractivity contribution in [2.75, 3.05) is 14.7 Å². The molecule has 4 heterocycles. The number of ether oxygens (including phenoxy) is 1. The van der Waals surface area contributed by atoms with Gasteiger partial charge in [-0.15, -0.1) is 11.3 Å². The average Bonchev–Trinajstić information content (AvgIpc) is 3.76. The molecule has 0 fully saturated rings. The second kappa shape index (κ2) is 12.9. The quantitative estimate of drug-likeness (QED) is 0.172. The normalized spacial score (nSPS) is 17.5. The van der Waals surface area contributed by atoms with Crippen molar-refractivity contribution in [1.29, 1.82) is 0 Å². The van der Waals surface area contributed by atoms with Crippen molar-refractivity contribution < 1.29 is 4.74 Å². The number of hydrogen-bond acceptors (Lipinski definition) is 5. The Morgan fingerprint density at radius 2 is 1.02 bits per heavy atom. The first-order chi connectivity index (χ1) is 29.9. The second-order valence-electron chi connectivity index (χ2n) is 23.5. The highest BCUT2D eigenvalue weighted by Crippen LogP contribution is 2.70. The Morgan fingerprint density at radius 3 is 1.61 bits per heavy atom. The molecule has 7 aromatic rings. The standard InChI is InChI=1S/C59H63N3OS/c1-54(2,3)34-20-25-37(26-21-34)60-45-29-24-36(56(7,8)9)30-46(45)62-51-47(32-44-49(52(51)60)59(14,15)63-58(44,12)13)61(38-27-22-35(23-28-38)55(4,5)6)50-41-31-40-39-18-16-17-19-42(39)57(10,11)43(40)33-48(41)64-53(50)62/h16-33H,1-15H3. The summed E-state index contributed by atoms with van der Waals surface area (Å²) in [6.45, 7) is 34.6. The fourth-order valence-corrected chi connectivity index (χ4v) is 12.6. The van der Waals surface area contributed by atoms with Crippen LogP contribution in [0.1, 0.15) is 143 Å². The van der Waals surface area contributed by atoms with Crippen molar-refractivity contribution in [1.82, 2.24) is 0 Å². The van der Waals surface area contributed by atoms with Gasteiger partial charge in [0.1, 0.15) is 5.00 Å². The zero-order chi connectivity index (χ0) is 45.4. The molecule has 64 heavy (non-hydrogen) atoms. The van der Waals surface area contributed by atoms with E-state index in [0.29, 0.717) is 0 Å². The Labute approximate surface area is 385 Å². The van der Waals surface area contributed by atoms with Gasteiger partial charge in [0.2, 0.25) is 0 Å². The Hall–Kier alpha value is -5.36. The molecule has 6 aromatic carbocycles. The van der Waals surface area contributed by atoms with E-state index in [4.69, 9.17) is 4.74 Å². The number of benzene rings is 6. The summed E-state index contributed by atoms with van der Waals surface area (Å²) in [6.07, 6.45) is 0. The van der Waals surface area contributed by atoms with Crippen LogP contribution in [0.3, 0.4) is 0 Å². The van der Waals surface area contributed by atoms with Gasteiger partial charge in [-0.2, -0.15) is 0 Å². The third-order valence-electron chi connectivity index (χ3n) is 14.8. The van der Waals surface area contributed by atoms with Crippen molar-refractivity contribution in [3.05, 3.63) is 148 Å². The van der Waals surface area contributed by atoms with Crippen molar-refractivity contribution >= 4 is 71.9 Å². The van der Waals surface area contributed by atoms with Crippen LogP contribution in [-0.2, 0) is 37.6 Å². The zero-order valence-corrected chi connectivity index (χ0v) is 41.4. The van der Waals surface area contributed by atoms with E-state index >= 15 is 0 Å². The van der Waals surface area contributed by atoms with Crippen LogP contribution in [-0.4, -0.2) is 0 Å². The number of rotatable bonds is 2. The van der Waals surface area contributed by atoms with Gasteiger partial charge in [-0.3, -0.25) is 4.90 Å². The summed E-state index contributed by atoms with van der Waals surface area (Å²) in [5, 5.41) is 2.52. The molecule has 0 saturated heterocycles. The predicted octanol–water partition coefficient (Wildman–Crippen LogP) is 17.6. The van der Waals surface area contributed by atoms with Gasteiger partial charge in [-0.05, 0) is 143 Å². The fraction of sp³-hybridized carbons (Fsp3) is 0.356. The SMILES string of the molecule is CC(C)(C)c1ccc(N2c3ccc(C(C)(C)C)cc3N3c4sc5cc6c(cc5c4N(c4ccc(C(C)(C)C)cc4)c4cc5c(c2c43)C(C)(C)OC5(C)C)-c2ccccc2C6(C)C)cc1. The first-order valence-corrected chi connectivity index (χ1v) is 24.1. The van der Waals surface area contributed by atoms with Gasteiger partial charge < -0.3 is 14.5 Å². The highest BCUT2D eigenvalue weighted by atomic mass is 32.1. The van der Waals surface area contributed by atoms with E-state index in [1.807, 2.05) is 11.3 Å². The molecule has 5 heteroatoms. The number of nitrogens with zero attached hydrogens (tertiary/aromatic N) is 3. The van der Waals surface area contributed by atoms with Crippen LogP contribution in [0.15, 0.2) is 109 Å². The molecule has 326 valence electrons. The Kier molecular flexibility index (Phi) is 8.35. The van der Waals surface area contributed by atoms with Gasteiger partial charge >= 0.3 is 0 Å². The summed E-state index contributed by atoms with van der Waals surface area (Å²) in [7, 11) is 0. The molecule has 1 aliphatic carbocycles. The predicted molar refractivity (Wildman–Crippen MR) is 274 cm³/mol. The van der Waals surface area contributed by atoms with E-state index in [-0.39, 0.29) is 21.7 Å². The van der Waals surface area contributed by atoms with Crippen molar-refractivity contribution in [3.8, 4) is 11.1 Å². The van der Waals surface area contributed by atoms with Crippen LogP contribution < -0.4 is 14.7 Å². The summed E-state index contributed by atoms with van der Waals surface area (Å²) < 4.78 is 8.50. The molecule has 11 rings (SSSR count). The molecule has 0 atom stereocenters. The minimum atomic E-state index is -0.569. The van der Waals surface area contributed by atoms with Crippen LogP contribution in [0.4, 0.5) is 50.5 Å². The lowest BCUT2D eigenvalue weighted by atomic mass is 9.82. The summed E-state index contributed by atoms with van der Waals surface area (Å²) >= 11 is 1.94. The summed E-state index contributed by atoms with van der Waals surface area (Å²) in [5.41, 5.74) is 20.2. The molecule has 0 unspecified atom stereocenters. The van der Waals surface area contributed by atoms with Crippen molar-refractivity contribution in [3.63, 3.8) is 0 Å². The maximum Gasteiger partial charge on any atom is 0.126 e. The molecule has 4 aliphatic rings. The van der Waals surface area contributed by atoms with Crippen LogP contribution in [0.25, 0.3) is 21.2 Å². The van der Waals surface area contributed by atoms with Crippen LogP contribution in [0.5, 0.6) is 0 Å². The monoisotopic (exact) mass is 861 g/mol. The highest BCUT2D eigenvalue weighted by Gasteiger charge is 2.52. The minimum Gasteiger partial charge on any atom is -0.360 e. The number of hydrogen-bond donors (Lipinski definition) is 0. The van der Waals surface area contributed by atoms with Crippen LogP contribution >= 0.6 is 11.3 Å². The van der Waals surface area contributed by atoms with Crippen molar-refractivity contribution in [2.24, 2.45) is 0 Å². The largest absolute Gasteiger partial charge is 0.360 e. The van der Waals surface area contributed by atoms with Gasteiger partial charge in [0.05, 0.1) is 45.3 Å². The lowest BCUT2D eigenvalue weighted by molar-refractivity contribution is -0.105. The lowest BCUT2D eigenvalue weighted by Gasteiger charge is -2.48. The minimum absolute atomic E-state index is 0.0232. The van der Waals surface area contributed by atoms with Gasteiger partial charge in [0.25, 0.3) is 0 Å². The van der Waals surface area contributed by atoms with E-state index in [1.165, 1.54) is 99.3 Å². The molecule has 0 radical (unpaired) electrons. The van der Waals surface area contributed by atoms with E-state index in [0.717, 1.165) is 11.4 Å². The van der Waals surface area contributed by atoms with Gasteiger partial charge in [-0.1, -0.05) is 131 Å². The van der Waals surface area contributed by atoms with Crippen molar-refractivity contribution in [2.45, 2.75) is 137 Å². The molecule has 0 saturated carbocycles. The first-order valence-electron chi connectivity index (χ1n) is 23.3. The third-order valence-corrected chi connectivity index (χ3v) is 15.9. The number of anilines is 9. The first kappa shape index (κ1) is 41.4. The van der Waals surface area contributed by atoms with E-state index in [2.05, 4.69) is 228 Å². The number of fused-ring (bicyclic) bond motifs is 11. The third kappa shape index (κ3) is 5.75. The molecule has 4 nitrogen and oxygen atoms in total. The van der Waals surface area contributed by atoms with Gasteiger partial charge in [0, 0.05) is 32.4 Å². The molecular weight excluding hydrogens is 799 g/mol. The van der Waals surface area contributed by atoms with Crippen LogP contribution in [0, 0.1) is 0 Å². The number of thiophene rings is 1. The highest BCUT2D eigenvalue weighted by molar-refractivity contribution is 7.24. The Morgan fingerprint density at radius 1 is 0.453 bits per heavy atom. The molecule has 0 bridgehead atoms. The second-order valence-corrected chi connectivity index (χ2v) is 24.5. The fourth-order valence-electron chi connectivity index (χ4n) is 11.4. The van der Waals surface area contributed by atoms with E-state index in [1.54, 1.807) is 0 Å².